The van der Waals surface area contributed by atoms with E-state index < -0.39 is 0 Å². The minimum Gasteiger partial charge on any atom is -0.398 e. The number of hydrogen-bond acceptors (Lipinski definition) is 4. The van der Waals surface area contributed by atoms with Crippen LogP contribution in [0.4, 0.5) is 5.69 Å². The minimum atomic E-state index is -0.00751. The summed E-state index contributed by atoms with van der Waals surface area (Å²) in [6.07, 6.45) is 2.60. The van der Waals surface area contributed by atoms with E-state index in [1.165, 1.54) is 10.9 Å². The van der Waals surface area contributed by atoms with Gasteiger partial charge in [-0.3, -0.25) is 4.79 Å². The molecule has 0 aliphatic rings. The van der Waals surface area contributed by atoms with Crippen molar-refractivity contribution in [2.24, 2.45) is 0 Å². The Kier molecular flexibility index (Phi) is 5.23. The van der Waals surface area contributed by atoms with E-state index in [1.54, 1.807) is 28.2 Å². The summed E-state index contributed by atoms with van der Waals surface area (Å²) in [5.74, 6) is 0. The lowest BCUT2D eigenvalue weighted by Gasteiger charge is -2.16. The Balaban J connectivity index is 1.80. The van der Waals surface area contributed by atoms with Crippen molar-refractivity contribution in [2.75, 3.05) is 19.3 Å². The van der Waals surface area contributed by atoms with Crippen LogP contribution in [0.1, 0.15) is 11.3 Å². The SMILES string of the molecule is CN(CCCn1cc(N)ccc1=O)Cc1ccc(Cl)s1. The molecule has 0 aliphatic carbocycles. The maximum atomic E-state index is 11.6. The van der Waals surface area contributed by atoms with Crippen molar-refractivity contribution in [2.45, 2.75) is 19.5 Å². The van der Waals surface area contributed by atoms with Gasteiger partial charge in [-0.15, -0.1) is 11.3 Å². The summed E-state index contributed by atoms with van der Waals surface area (Å²) in [4.78, 5) is 15.1. The molecule has 2 aromatic rings. The van der Waals surface area contributed by atoms with Crippen molar-refractivity contribution in [1.82, 2.24) is 9.47 Å². The van der Waals surface area contributed by atoms with Gasteiger partial charge in [0.15, 0.2) is 0 Å². The highest BCUT2D eigenvalue weighted by Crippen LogP contribution is 2.22. The van der Waals surface area contributed by atoms with Gasteiger partial charge in [-0.1, -0.05) is 11.6 Å². The average Bonchev–Trinajstić information content (AvgIpc) is 2.79. The van der Waals surface area contributed by atoms with Gasteiger partial charge < -0.3 is 15.2 Å². The van der Waals surface area contributed by atoms with Crippen LogP contribution in [0.15, 0.2) is 35.3 Å². The fourth-order valence-electron chi connectivity index (χ4n) is 2.02. The number of nitrogens with zero attached hydrogens (tertiary/aromatic N) is 2. The maximum absolute atomic E-state index is 11.6. The quantitative estimate of drug-likeness (QED) is 0.892. The zero-order valence-corrected chi connectivity index (χ0v) is 13.0. The van der Waals surface area contributed by atoms with Crippen molar-refractivity contribution in [3.05, 3.63) is 50.0 Å². The average molecular weight is 312 g/mol. The largest absolute Gasteiger partial charge is 0.398 e. The fraction of sp³-hybridized carbons (Fsp3) is 0.357. The molecule has 0 bridgehead atoms. The topological polar surface area (TPSA) is 51.3 Å². The van der Waals surface area contributed by atoms with Crippen molar-refractivity contribution < 1.29 is 0 Å². The molecule has 0 unspecified atom stereocenters. The number of aromatic nitrogens is 1. The molecule has 0 atom stereocenters. The Hall–Kier alpha value is -1.30. The first-order valence-corrected chi connectivity index (χ1v) is 7.63. The second-order valence-corrected chi connectivity index (χ2v) is 6.59. The zero-order valence-electron chi connectivity index (χ0n) is 11.4. The van der Waals surface area contributed by atoms with E-state index in [0.29, 0.717) is 12.2 Å². The van der Waals surface area contributed by atoms with E-state index in [2.05, 4.69) is 11.9 Å². The number of hydrogen-bond donors (Lipinski definition) is 1. The molecule has 6 heteroatoms. The predicted molar refractivity (Wildman–Crippen MR) is 85.4 cm³/mol. The lowest BCUT2D eigenvalue weighted by atomic mass is 10.3. The van der Waals surface area contributed by atoms with E-state index in [1.807, 2.05) is 12.1 Å². The smallest absolute Gasteiger partial charge is 0.250 e. The van der Waals surface area contributed by atoms with E-state index in [4.69, 9.17) is 17.3 Å². The molecule has 2 N–H and O–H groups in total. The monoisotopic (exact) mass is 311 g/mol. The van der Waals surface area contributed by atoms with Crippen LogP contribution in [0.2, 0.25) is 4.34 Å². The van der Waals surface area contributed by atoms with Crippen LogP contribution < -0.4 is 11.3 Å². The Labute approximate surface area is 127 Å². The van der Waals surface area contributed by atoms with Crippen LogP contribution >= 0.6 is 22.9 Å². The van der Waals surface area contributed by atoms with Gasteiger partial charge in [0.1, 0.15) is 0 Å². The molecular formula is C14H18ClN3OS. The summed E-state index contributed by atoms with van der Waals surface area (Å²) in [6, 6.07) is 7.10. The molecule has 20 heavy (non-hydrogen) atoms. The number of nitrogen functional groups attached to an aromatic ring is 1. The molecule has 4 nitrogen and oxygen atoms in total. The van der Waals surface area contributed by atoms with E-state index in [0.717, 1.165) is 23.8 Å². The highest BCUT2D eigenvalue weighted by molar-refractivity contribution is 7.16. The summed E-state index contributed by atoms with van der Waals surface area (Å²) >= 11 is 7.51. The molecule has 2 aromatic heterocycles. The van der Waals surface area contributed by atoms with Gasteiger partial charge in [0.05, 0.1) is 4.34 Å². The number of rotatable bonds is 6. The van der Waals surface area contributed by atoms with Gasteiger partial charge in [0.2, 0.25) is 0 Å². The molecule has 0 saturated carbocycles. The van der Waals surface area contributed by atoms with Crippen LogP contribution in [0, 0.1) is 0 Å². The summed E-state index contributed by atoms with van der Waals surface area (Å²) < 4.78 is 2.48. The van der Waals surface area contributed by atoms with Crippen LogP contribution in [0.5, 0.6) is 0 Å². The number of thiophene rings is 1. The van der Waals surface area contributed by atoms with E-state index in [-0.39, 0.29) is 5.56 Å². The number of aryl methyl sites for hydroxylation is 1. The Morgan fingerprint density at radius 3 is 2.85 bits per heavy atom. The molecule has 2 heterocycles. The highest BCUT2D eigenvalue weighted by Gasteiger charge is 2.04. The normalized spacial score (nSPS) is 11.2. The molecule has 0 radical (unpaired) electrons. The van der Waals surface area contributed by atoms with E-state index in [9.17, 15) is 4.79 Å². The molecule has 0 spiro atoms. The van der Waals surface area contributed by atoms with Crippen molar-refractivity contribution >= 4 is 28.6 Å². The summed E-state index contributed by atoms with van der Waals surface area (Å²) in [7, 11) is 2.07. The highest BCUT2D eigenvalue weighted by atomic mass is 35.5. The standard InChI is InChI=1S/C14H18ClN3OS/c1-17(10-12-4-5-13(15)20-12)7-2-8-18-9-11(16)3-6-14(18)19/h3-6,9H,2,7-8,10,16H2,1H3. The summed E-state index contributed by atoms with van der Waals surface area (Å²) in [5.41, 5.74) is 6.29. The molecule has 0 aromatic carbocycles. The third kappa shape index (κ3) is 4.37. The maximum Gasteiger partial charge on any atom is 0.250 e. The van der Waals surface area contributed by atoms with Crippen LogP contribution in [0.25, 0.3) is 0 Å². The number of nitrogens with two attached hydrogens (primary N) is 1. The second kappa shape index (κ2) is 6.92. The van der Waals surface area contributed by atoms with Crippen molar-refractivity contribution in [3.8, 4) is 0 Å². The summed E-state index contributed by atoms with van der Waals surface area (Å²) in [6.45, 7) is 2.47. The molecule has 0 aliphatic heterocycles. The van der Waals surface area contributed by atoms with Gasteiger partial charge in [-0.2, -0.15) is 0 Å². The first-order chi connectivity index (χ1) is 9.54. The van der Waals surface area contributed by atoms with Gasteiger partial charge in [-0.25, -0.2) is 0 Å². The minimum absolute atomic E-state index is 0.00751. The summed E-state index contributed by atoms with van der Waals surface area (Å²) in [5, 5.41) is 0. The van der Waals surface area contributed by atoms with Crippen molar-refractivity contribution in [1.29, 1.82) is 0 Å². The lowest BCUT2D eigenvalue weighted by Crippen LogP contribution is -2.23. The lowest BCUT2D eigenvalue weighted by molar-refractivity contribution is 0.316. The van der Waals surface area contributed by atoms with Gasteiger partial charge >= 0.3 is 0 Å². The first-order valence-electron chi connectivity index (χ1n) is 6.43. The van der Waals surface area contributed by atoms with E-state index >= 15 is 0 Å². The molecular weight excluding hydrogens is 294 g/mol. The van der Waals surface area contributed by atoms with Crippen LogP contribution in [-0.4, -0.2) is 23.1 Å². The zero-order chi connectivity index (χ0) is 14.5. The number of anilines is 1. The number of halogens is 1. The second-order valence-electron chi connectivity index (χ2n) is 4.79. The molecule has 0 fully saturated rings. The molecule has 2 rings (SSSR count). The van der Waals surface area contributed by atoms with Gasteiger partial charge in [0, 0.05) is 35.9 Å². The Morgan fingerprint density at radius 1 is 1.35 bits per heavy atom. The first kappa shape index (κ1) is 15.1. The van der Waals surface area contributed by atoms with Gasteiger partial charge in [-0.05, 0) is 38.2 Å². The third-order valence-electron chi connectivity index (χ3n) is 3.00. The number of pyridine rings is 1. The Bertz CT molecular complexity index is 623. The van der Waals surface area contributed by atoms with Gasteiger partial charge in [0.25, 0.3) is 5.56 Å². The van der Waals surface area contributed by atoms with Crippen LogP contribution in [0.3, 0.4) is 0 Å². The van der Waals surface area contributed by atoms with Crippen LogP contribution in [-0.2, 0) is 13.1 Å². The fourth-order valence-corrected chi connectivity index (χ4v) is 3.19. The third-order valence-corrected chi connectivity index (χ3v) is 4.22. The van der Waals surface area contributed by atoms with Crippen molar-refractivity contribution in [3.63, 3.8) is 0 Å². The Morgan fingerprint density at radius 2 is 2.15 bits per heavy atom. The predicted octanol–water partition coefficient (Wildman–Crippen LogP) is 2.67. The molecule has 0 saturated heterocycles. The molecule has 0 amide bonds. The molecule has 108 valence electrons.